The fraction of sp³-hybridized carbons (Fsp3) is 0.188. The lowest BCUT2D eigenvalue weighted by molar-refractivity contribution is 0.116. The Balaban J connectivity index is 1.74. The van der Waals surface area contributed by atoms with E-state index in [1.165, 1.54) is 35.0 Å². The summed E-state index contributed by atoms with van der Waals surface area (Å²) in [6.45, 7) is 0.400. The van der Waals surface area contributed by atoms with Crippen LogP contribution in [0.4, 0.5) is 13.2 Å². The summed E-state index contributed by atoms with van der Waals surface area (Å²) >= 11 is 0. The lowest BCUT2D eigenvalue weighted by Crippen LogP contribution is -2.19. The second-order valence-electron chi connectivity index (χ2n) is 5.07. The largest absolute Gasteiger partial charge is 0.415 e. The third-order valence-corrected chi connectivity index (χ3v) is 3.42. The van der Waals surface area contributed by atoms with Gasteiger partial charge in [0, 0.05) is 24.4 Å². The smallest absolute Gasteiger partial charge is 0.314 e. The Kier molecular flexibility index (Phi) is 4.45. The summed E-state index contributed by atoms with van der Waals surface area (Å²) in [5, 5.41) is 6.72. The zero-order valence-electron chi connectivity index (χ0n) is 12.3. The lowest BCUT2D eigenvalue weighted by Gasteiger charge is -2.06. The van der Waals surface area contributed by atoms with E-state index in [-0.39, 0.29) is 22.8 Å². The monoisotopic (exact) mass is 335 g/mol. The van der Waals surface area contributed by atoms with Gasteiger partial charge in [0.2, 0.25) is 5.89 Å². The molecule has 0 fully saturated rings. The first kappa shape index (κ1) is 16.0. The molecule has 124 valence electrons. The molecule has 2 aromatic heterocycles. The van der Waals surface area contributed by atoms with E-state index < -0.39 is 12.3 Å². The molecular weight excluding hydrogens is 323 g/mol. The molecule has 3 rings (SSSR count). The summed E-state index contributed by atoms with van der Waals surface area (Å²) in [5.41, 5.74) is 0.842. The van der Waals surface area contributed by atoms with E-state index in [1.54, 1.807) is 12.1 Å². The van der Waals surface area contributed by atoms with Crippen molar-refractivity contribution in [2.45, 2.75) is 19.4 Å². The van der Waals surface area contributed by atoms with Gasteiger partial charge in [-0.15, -0.1) is 10.2 Å². The van der Waals surface area contributed by atoms with Crippen molar-refractivity contribution in [3.8, 4) is 11.5 Å². The first-order chi connectivity index (χ1) is 11.5. The van der Waals surface area contributed by atoms with Crippen LogP contribution in [0.25, 0.3) is 11.5 Å². The Morgan fingerprint density at radius 1 is 1.12 bits per heavy atom. The molecule has 0 aliphatic rings. The minimum Gasteiger partial charge on any atom is -0.415 e. The van der Waals surface area contributed by atoms with Gasteiger partial charge in [-0.3, -0.25) is 4.79 Å². The third kappa shape index (κ3) is 3.53. The highest BCUT2D eigenvalue weighted by atomic mass is 19.3. The van der Waals surface area contributed by atoms with Crippen molar-refractivity contribution in [2.75, 3.05) is 0 Å². The maximum absolute atomic E-state index is 12.8. The number of hydrogen-bond donors (Lipinski definition) is 0. The lowest BCUT2D eigenvalue weighted by atomic mass is 10.1. The molecule has 0 radical (unpaired) electrons. The van der Waals surface area contributed by atoms with Gasteiger partial charge < -0.3 is 8.98 Å². The van der Waals surface area contributed by atoms with Crippen LogP contribution in [-0.2, 0) is 13.0 Å². The molecule has 2 heterocycles. The number of nitrogens with zero attached hydrogens (tertiary/aromatic N) is 3. The number of benzene rings is 1. The summed E-state index contributed by atoms with van der Waals surface area (Å²) in [6.07, 6.45) is -0.786. The fourth-order valence-electron chi connectivity index (χ4n) is 2.17. The SMILES string of the molecule is O=c1cc(-c2nnc(C(F)F)o2)ccn1CCc1ccc(F)cc1. The van der Waals surface area contributed by atoms with Crippen LogP contribution in [0, 0.1) is 5.82 Å². The van der Waals surface area contributed by atoms with Crippen molar-refractivity contribution >= 4 is 0 Å². The quantitative estimate of drug-likeness (QED) is 0.718. The summed E-state index contributed by atoms with van der Waals surface area (Å²) in [4.78, 5) is 12.1. The van der Waals surface area contributed by atoms with Crippen LogP contribution in [0.3, 0.4) is 0 Å². The summed E-state index contributed by atoms with van der Waals surface area (Å²) < 4.78 is 44.0. The van der Waals surface area contributed by atoms with Gasteiger partial charge in [-0.25, -0.2) is 4.39 Å². The van der Waals surface area contributed by atoms with Crippen LogP contribution in [0.1, 0.15) is 17.9 Å². The van der Waals surface area contributed by atoms with Crippen LogP contribution in [0.15, 0.2) is 51.8 Å². The Bertz CT molecular complexity index is 888. The highest BCUT2D eigenvalue weighted by Crippen LogP contribution is 2.22. The van der Waals surface area contributed by atoms with E-state index in [1.807, 2.05) is 0 Å². The molecule has 0 saturated carbocycles. The zero-order valence-corrected chi connectivity index (χ0v) is 12.3. The van der Waals surface area contributed by atoms with E-state index in [0.29, 0.717) is 13.0 Å². The van der Waals surface area contributed by atoms with Crippen molar-refractivity contribution < 1.29 is 17.6 Å². The maximum atomic E-state index is 12.8. The highest BCUT2D eigenvalue weighted by molar-refractivity contribution is 5.50. The van der Waals surface area contributed by atoms with Crippen molar-refractivity contribution in [3.63, 3.8) is 0 Å². The molecule has 0 aliphatic heterocycles. The van der Waals surface area contributed by atoms with Gasteiger partial charge in [-0.1, -0.05) is 12.1 Å². The highest BCUT2D eigenvalue weighted by Gasteiger charge is 2.17. The molecule has 0 spiro atoms. The van der Waals surface area contributed by atoms with E-state index in [0.717, 1.165) is 5.56 Å². The fourth-order valence-corrected chi connectivity index (χ4v) is 2.17. The molecule has 8 heteroatoms. The Morgan fingerprint density at radius 3 is 2.50 bits per heavy atom. The second kappa shape index (κ2) is 6.69. The van der Waals surface area contributed by atoms with E-state index >= 15 is 0 Å². The van der Waals surface area contributed by atoms with Crippen molar-refractivity contribution in [1.82, 2.24) is 14.8 Å². The molecule has 3 aromatic rings. The molecule has 24 heavy (non-hydrogen) atoms. The molecule has 1 aromatic carbocycles. The molecule has 0 bridgehead atoms. The molecule has 0 atom stereocenters. The predicted molar refractivity (Wildman–Crippen MR) is 79.1 cm³/mol. The van der Waals surface area contributed by atoms with E-state index in [2.05, 4.69) is 10.2 Å². The van der Waals surface area contributed by atoms with Crippen LogP contribution in [-0.4, -0.2) is 14.8 Å². The second-order valence-corrected chi connectivity index (χ2v) is 5.07. The van der Waals surface area contributed by atoms with Gasteiger partial charge in [-0.05, 0) is 30.2 Å². The average Bonchev–Trinajstić information content (AvgIpc) is 3.05. The minimum absolute atomic E-state index is 0.131. The van der Waals surface area contributed by atoms with Crippen molar-refractivity contribution in [1.29, 1.82) is 0 Å². The zero-order chi connectivity index (χ0) is 17.1. The van der Waals surface area contributed by atoms with Gasteiger partial charge in [-0.2, -0.15) is 8.78 Å². The van der Waals surface area contributed by atoms with Gasteiger partial charge in [0.05, 0.1) is 0 Å². The first-order valence-electron chi connectivity index (χ1n) is 7.10. The van der Waals surface area contributed by atoms with Crippen LogP contribution < -0.4 is 5.56 Å². The molecule has 0 aliphatic carbocycles. The van der Waals surface area contributed by atoms with Gasteiger partial charge in [0.15, 0.2) is 0 Å². The van der Waals surface area contributed by atoms with Crippen LogP contribution >= 0.6 is 0 Å². The molecule has 0 saturated heterocycles. The first-order valence-corrected chi connectivity index (χ1v) is 7.10. The Hall–Kier alpha value is -2.90. The topological polar surface area (TPSA) is 60.9 Å². The molecule has 0 unspecified atom stereocenters. The minimum atomic E-state index is -2.86. The number of halogens is 3. The number of rotatable bonds is 5. The Morgan fingerprint density at radius 2 is 1.88 bits per heavy atom. The normalized spacial score (nSPS) is 11.2. The number of alkyl halides is 2. The van der Waals surface area contributed by atoms with Crippen molar-refractivity contribution in [2.24, 2.45) is 0 Å². The predicted octanol–water partition coefficient (Wildman–Crippen LogP) is 3.22. The van der Waals surface area contributed by atoms with Crippen LogP contribution in [0.2, 0.25) is 0 Å². The van der Waals surface area contributed by atoms with Gasteiger partial charge in [0.25, 0.3) is 11.4 Å². The molecule has 0 N–H and O–H groups in total. The summed E-state index contributed by atoms with van der Waals surface area (Å²) in [6, 6.07) is 8.80. The van der Waals surface area contributed by atoms with Gasteiger partial charge >= 0.3 is 6.43 Å². The Labute approximate surface area is 134 Å². The number of aryl methyl sites for hydroxylation is 2. The summed E-state index contributed by atoms with van der Waals surface area (Å²) in [5.74, 6) is -1.23. The number of hydrogen-bond acceptors (Lipinski definition) is 4. The van der Waals surface area contributed by atoms with Crippen molar-refractivity contribution in [3.05, 3.63) is 70.2 Å². The maximum Gasteiger partial charge on any atom is 0.314 e. The van der Waals surface area contributed by atoms with Crippen LogP contribution in [0.5, 0.6) is 0 Å². The molecular formula is C16H12F3N3O2. The standard InChI is InChI=1S/C16H12F3N3O2/c17-12-3-1-10(2-4-12)5-7-22-8-6-11(9-13(22)23)15-20-21-16(24-15)14(18)19/h1-4,6,8-9,14H,5,7H2. The number of aromatic nitrogens is 3. The number of pyridine rings is 1. The van der Waals surface area contributed by atoms with Gasteiger partial charge in [0.1, 0.15) is 5.82 Å². The summed E-state index contributed by atoms with van der Waals surface area (Å²) in [7, 11) is 0. The third-order valence-electron chi connectivity index (χ3n) is 3.42. The molecule has 5 nitrogen and oxygen atoms in total. The average molecular weight is 335 g/mol. The van der Waals surface area contributed by atoms with E-state index in [4.69, 9.17) is 4.42 Å². The van der Waals surface area contributed by atoms with E-state index in [9.17, 15) is 18.0 Å². The molecule has 0 amide bonds.